The standard InChI is InChI=1S/C25H29N3O5/c1-16(2)22(28-25(31)33-15-17-9-5-4-6-10-17)23(29)27-21(24(30)32-3)13-18-14-26-20-12-8-7-11-19(18)20/h4-12,14,16,21-22,26H,13,15H2,1-3H3,(H,27,29)(H,28,31). The highest BCUT2D eigenvalue weighted by Gasteiger charge is 2.30. The Hall–Kier alpha value is -3.81. The van der Waals surface area contributed by atoms with Crippen LogP contribution in [-0.4, -0.2) is 42.1 Å². The quantitative estimate of drug-likeness (QED) is 0.433. The molecule has 0 saturated carbocycles. The van der Waals surface area contributed by atoms with E-state index >= 15 is 0 Å². The average Bonchev–Trinajstić information content (AvgIpc) is 3.23. The number of benzene rings is 2. The molecule has 3 N–H and O–H groups in total. The fourth-order valence-electron chi connectivity index (χ4n) is 3.54. The first kappa shape index (κ1) is 23.8. The van der Waals surface area contributed by atoms with E-state index in [2.05, 4.69) is 15.6 Å². The van der Waals surface area contributed by atoms with Gasteiger partial charge in [0.1, 0.15) is 18.7 Å². The van der Waals surface area contributed by atoms with Crippen molar-refractivity contribution in [2.24, 2.45) is 5.92 Å². The summed E-state index contributed by atoms with van der Waals surface area (Å²) in [6, 6.07) is 15.1. The number of aromatic nitrogens is 1. The van der Waals surface area contributed by atoms with Gasteiger partial charge in [0.15, 0.2) is 0 Å². The number of H-pyrrole nitrogens is 1. The Balaban J connectivity index is 1.66. The van der Waals surface area contributed by atoms with Gasteiger partial charge in [-0.05, 0) is 23.1 Å². The molecule has 0 aliphatic rings. The number of carbonyl (C=O) groups excluding carboxylic acids is 3. The lowest BCUT2D eigenvalue weighted by molar-refractivity contribution is -0.145. The Morgan fingerprint density at radius 3 is 2.36 bits per heavy atom. The molecule has 3 rings (SSSR count). The highest BCUT2D eigenvalue weighted by atomic mass is 16.5. The van der Waals surface area contributed by atoms with Crippen LogP contribution in [-0.2, 0) is 32.1 Å². The summed E-state index contributed by atoms with van der Waals surface area (Å²) in [5.74, 6) is -1.29. The van der Waals surface area contributed by atoms with Crippen molar-refractivity contribution in [3.05, 3.63) is 71.9 Å². The van der Waals surface area contributed by atoms with E-state index < -0.39 is 30.1 Å². The summed E-state index contributed by atoms with van der Waals surface area (Å²) in [5.41, 5.74) is 2.64. The Morgan fingerprint density at radius 2 is 1.67 bits per heavy atom. The number of aromatic amines is 1. The second kappa shape index (κ2) is 11.2. The number of alkyl carbamates (subject to hydrolysis) is 1. The van der Waals surface area contributed by atoms with Crippen LogP contribution in [0.25, 0.3) is 10.9 Å². The van der Waals surface area contributed by atoms with Crippen molar-refractivity contribution in [3.8, 4) is 0 Å². The van der Waals surface area contributed by atoms with E-state index in [0.29, 0.717) is 0 Å². The lowest BCUT2D eigenvalue weighted by Gasteiger charge is -2.24. The first-order valence-corrected chi connectivity index (χ1v) is 10.8. The van der Waals surface area contributed by atoms with Gasteiger partial charge in [0, 0.05) is 23.5 Å². The van der Waals surface area contributed by atoms with Crippen LogP contribution in [0.4, 0.5) is 4.79 Å². The SMILES string of the molecule is COC(=O)C(Cc1c[nH]c2ccccc12)NC(=O)C(NC(=O)OCc1ccccc1)C(C)C. The van der Waals surface area contributed by atoms with Gasteiger partial charge < -0.3 is 25.1 Å². The smallest absolute Gasteiger partial charge is 0.408 e. The van der Waals surface area contributed by atoms with Crippen LogP contribution in [0.15, 0.2) is 60.8 Å². The van der Waals surface area contributed by atoms with Gasteiger partial charge in [0.25, 0.3) is 0 Å². The third-order valence-electron chi connectivity index (χ3n) is 5.34. The number of fused-ring (bicyclic) bond motifs is 1. The highest BCUT2D eigenvalue weighted by molar-refractivity contribution is 5.90. The predicted octanol–water partition coefficient (Wildman–Crippen LogP) is 3.32. The maximum absolute atomic E-state index is 13.0. The van der Waals surface area contributed by atoms with E-state index in [1.807, 2.05) is 60.8 Å². The van der Waals surface area contributed by atoms with E-state index in [9.17, 15) is 14.4 Å². The van der Waals surface area contributed by atoms with Crippen LogP contribution in [0, 0.1) is 5.92 Å². The number of ether oxygens (including phenoxy) is 2. The van der Waals surface area contributed by atoms with Crippen molar-refractivity contribution in [3.63, 3.8) is 0 Å². The molecule has 0 aliphatic heterocycles. The molecular formula is C25H29N3O5. The number of carbonyl (C=O) groups is 3. The van der Waals surface area contributed by atoms with Gasteiger partial charge in [0.05, 0.1) is 7.11 Å². The van der Waals surface area contributed by atoms with Crippen molar-refractivity contribution in [1.29, 1.82) is 0 Å². The average molecular weight is 452 g/mol. The molecule has 0 fully saturated rings. The summed E-state index contributed by atoms with van der Waals surface area (Å²) in [5, 5.41) is 6.30. The lowest BCUT2D eigenvalue weighted by Crippen LogP contribution is -2.54. The van der Waals surface area contributed by atoms with E-state index in [-0.39, 0.29) is 18.9 Å². The number of hydrogen-bond donors (Lipinski definition) is 3. The van der Waals surface area contributed by atoms with Crippen molar-refractivity contribution < 1.29 is 23.9 Å². The van der Waals surface area contributed by atoms with Crippen LogP contribution < -0.4 is 10.6 Å². The third kappa shape index (κ3) is 6.35. The minimum Gasteiger partial charge on any atom is -0.467 e. The fourth-order valence-corrected chi connectivity index (χ4v) is 3.54. The summed E-state index contributed by atoms with van der Waals surface area (Å²) in [6.07, 6.45) is 1.34. The normalized spacial score (nSPS) is 12.7. The van der Waals surface area contributed by atoms with E-state index in [1.54, 1.807) is 13.8 Å². The molecule has 33 heavy (non-hydrogen) atoms. The number of para-hydroxylation sites is 1. The number of hydrogen-bond acceptors (Lipinski definition) is 5. The van der Waals surface area contributed by atoms with Gasteiger partial charge in [-0.25, -0.2) is 9.59 Å². The van der Waals surface area contributed by atoms with Crippen LogP contribution in [0.5, 0.6) is 0 Å². The second-order valence-corrected chi connectivity index (χ2v) is 8.08. The molecule has 0 spiro atoms. The Bertz CT molecular complexity index is 1090. The van der Waals surface area contributed by atoms with Crippen LogP contribution in [0.2, 0.25) is 0 Å². The topological polar surface area (TPSA) is 110 Å². The molecule has 3 aromatic rings. The number of amides is 2. The molecule has 0 aliphatic carbocycles. The summed E-state index contributed by atoms with van der Waals surface area (Å²) in [6.45, 7) is 3.69. The largest absolute Gasteiger partial charge is 0.467 e. The summed E-state index contributed by atoms with van der Waals surface area (Å²) in [7, 11) is 1.27. The minimum atomic E-state index is -0.912. The molecule has 2 unspecified atom stereocenters. The Morgan fingerprint density at radius 1 is 0.970 bits per heavy atom. The van der Waals surface area contributed by atoms with Gasteiger partial charge in [-0.2, -0.15) is 0 Å². The van der Waals surface area contributed by atoms with Gasteiger partial charge >= 0.3 is 12.1 Å². The van der Waals surface area contributed by atoms with Crippen LogP contribution in [0.3, 0.4) is 0 Å². The third-order valence-corrected chi connectivity index (χ3v) is 5.34. The van der Waals surface area contributed by atoms with Crippen molar-refractivity contribution in [1.82, 2.24) is 15.6 Å². The van der Waals surface area contributed by atoms with Gasteiger partial charge in [-0.3, -0.25) is 4.79 Å². The molecular weight excluding hydrogens is 422 g/mol. The number of methoxy groups -OCH3 is 1. The molecule has 0 saturated heterocycles. The molecule has 2 amide bonds. The van der Waals surface area contributed by atoms with Gasteiger partial charge in [-0.15, -0.1) is 0 Å². The number of nitrogens with one attached hydrogen (secondary N) is 3. The number of rotatable bonds is 9. The van der Waals surface area contributed by atoms with Gasteiger partial charge in [-0.1, -0.05) is 62.4 Å². The molecule has 1 aromatic heterocycles. The summed E-state index contributed by atoms with van der Waals surface area (Å²) in [4.78, 5) is 40.9. The van der Waals surface area contributed by atoms with Crippen molar-refractivity contribution in [2.45, 2.75) is 39.0 Å². The first-order chi connectivity index (χ1) is 15.9. The molecule has 1 heterocycles. The zero-order valence-corrected chi connectivity index (χ0v) is 19.0. The molecule has 8 heteroatoms. The van der Waals surface area contributed by atoms with E-state index in [4.69, 9.17) is 9.47 Å². The maximum Gasteiger partial charge on any atom is 0.408 e. The van der Waals surface area contributed by atoms with E-state index in [0.717, 1.165) is 22.0 Å². The zero-order chi connectivity index (χ0) is 23.8. The molecule has 2 atom stereocenters. The van der Waals surface area contributed by atoms with Crippen LogP contribution in [0.1, 0.15) is 25.0 Å². The first-order valence-electron chi connectivity index (χ1n) is 10.8. The number of esters is 1. The van der Waals surface area contributed by atoms with E-state index in [1.165, 1.54) is 7.11 Å². The molecule has 8 nitrogen and oxygen atoms in total. The van der Waals surface area contributed by atoms with Crippen molar-refractivity contribution >= 4 is 28.9 Å². The zero-order valence-electron chi connectivity index (χ0n) is 19.0. The van der Waals surface area contributed by atoms with Gasteiger partial charge in [0.2, 0.25) is 5.91 Å². The molecule has 0 bridgehead atoms. The lowest BCUT2D eigenvalue weighted by atomic mass is 10.0. The summed E-state index contributed by atoms with van der Waals surface area (Å²) >= 11 is 0. The van der Waals surface area contributed by atoms with Crippen LogP contribution >= 0.6 is 0 Å². The minimum absolute atomic E-state index is 0.0878. The predicted molar refractivity (Wildman–Crippen MR) is 124 cm³/mol. The molecule has 0 radical (unpaired) electrons. The Labute approximate surface area is 192 Å². The second-order valence-electron chi connectivity index (χ2n) is 8.08. The fraction of sp³-hybridized carbons (Fsp3) is 0.320. The molecule has 2 aromatic carbocycles. The van der Waals surface area contributed by atoms with Crippen molar-refractivity contribution in [2.75, 3.05) is 7.11 Å². The monoisotopic (exact) mass is 451 g/mol. The maximum atomic E-state index is 13.0. The molecule has 174 valence electrons. The summed E-state index contributed by atoms with van der Waals surface area (Å²) < 4.78 is 10.1. The highest BCUT2D eigenvalue weighted by Crippen LogP contribution is 2.19. The Kier molecular flexibility index (Phi) is 8.07.